The van der Waals surface area contributed by atoms with Crippen LogP contribution in [-0.4, -0.2) is 30.0 Å². The lowest BCUT2D eigenvalue weighted by Gasteiger charge is -2.02. The molecule has 0 spiro atoms. The van der Waals surface area contributed by atoms with E-state index in [1.54, 1.807) is 6.92 Å². The lowest BCUT2D eigenvalue weighted by atomic mass is 10.4. The predicted molar refractivity (Wildman–Crippen MR) is 59.9 cm³/mol. The van der Waals surface area contributed by atoms with Crippen molar-refractivity contribution in [1.29, 1.82) is 0 Å². The number of nitrogens with one attached hydrogen (secondary N) is 1. The molecular weight excluding hydrogens is 248 g/mol. The van der Waals surface area contributed by atoms with Crippen molar-refractivity contribution < 1.29 is 19.2 Å². The van der Waals surface area contributed by atoms with E-state index in [1.807, 2.05) is 0 Å². The van der Waals surface area contributed by atoms with Crippen LogP contribution >= 0.6 is 11.3 Å². The van der Waals surface area contributed by atoms with Crippen LogP contribution in [0.2, 0.25) is 0 Å². The number of thiophene rings is 1. The fraction of sp³-hybridized carbons (Fsp3) is 0.333. The van der Waals surface area contributed by atoms with Gasteiger partial charge >= 0.3 is 11.0 Å². The van der Waals surface area contributed by atoms with Crippen LogP contribution in [-0.2, 0) is 9.53 Å². The topological polar surface area (TPSA) is 98.5 Å². The first-order chi connectivity index (χ1) is 8.04. The quantitative estimate of drug-likeness (QED) is 0.481. The van der Waals surface area contributed by atoms with E-state index in [9.17, 15) is 19.7 Å². The van der Waals surface area contributed by atoms with E-state index < -0.39 is 16.8 Å². The average molecular weight is 258 g/mol. The summed E-state index contributed by atoms with van der Waals surface area (Å²) >= 11 is 0.751. The normalized spacial score (nSPS) is 9.71. The minimum atomic E-state index is -0.577. The Morgan fingerprint density at radius 2 is 2.24 bits per heavy atom. The summed E-state index contributed by atoms with van der Waals surface area (Å²) in [5, 5.41) is 12.6. The van der Waals surface area contributed by atoms with Crippen LogP contribution in [0, 0.1) is 10.1 Å². The molecule has 17 heavy (non-hydrogen) atoms. The van der Waals surface area contributed by atoms with Gasteiger partial charge in [-0.15, -0.1) is 0 Å². The third-order valence-electron chi connectivity index (χ3n) is 1.69. The number of esters is 1. The van der Waals surface area contributed by atoms with E-state index in [2.05, 4.69) is 10.1 Å². The van der Waals surface area contributed by atoms with Gasteiger partial charge in [0.2, 0.25) is 0 Å². The summed E-state index contributed by atoms with van der Waals surface area (Å²) in [6, 6.07) is 2.58. The molecule has 1 heterocycles. The van der Waals surface area contributed by atoms with Crippen molar-refractivity contribution in [1.82, 2.24) is 5.32 Å². The lowest BCUT2D eigenvalue weighted by Crippen LogP contribution is -2.30. The first kappa shape index (κ1) is 13.1. The zero-order chi connectivity index (χ0) is 12.8. The van der Waals surface area contributed by atoms with Crippen molar-refractivity contribution in [2.75, 3.05) is 13.2 Å². The highest BCUT2D eigenvalue weighted by Crippen LogP contribution is 2.23. The number of carbonyl (C=O) groups excluding carboxylic acids is 2. The summed E-state index contributed by atoms with van der Waals surface area (Å²) in [5.41, 5.74) is 0. The third kappa shape index (κ3) is 3.83. The number of ether oxygens (including phenoxy) is 1. The SMILES string of the molecule is CCOC(=O)CNC(=O)c1ccc([N+](=O)[O-])s1. The summed E-state index contributed by atoms with van der Waals surface area (Å²) in [4.78, 5) is 32.4. The van der Waals surface area contributed by atoms with Crippen LogP contribution in [0.3, 0.4) is 0 Å². The largest absolute Gasteiger partial charge is 0.465 e. The van der Waals surface area contributed by atoms with E-state index in [1.165, 1.54) is 12.1 Å². The van der Waals surface area contributed by atoms with Gasteiger partial charge in [0.1, 0.15) is 6.54 Å². The summed E-state index contributed by atoms with van der Waals surface area (Å²) in [6.07, 6.45) is 0. The zero-order valence-corrected chi connectivity index (χ0v) is 9.78. The molecule has 0 aromatic carbocycles. The Morgan fingerprint density at radius 1 is 1.53 bits per heavy atom. The molecule has 0 atom stereocenters. The Kier molecular flexibility index (Phi) is 4.58. The lowest BCUT2D eigenvalue weighted by molar-refractivity contribution is -0.380. The second kappa shape index (κ2) is 5.94. The van der Waals surface area contributed by atoms with Crippen LogP contribution < -0.4 is 5.32 Å². The molecule has 1 aromatic heterocycles. The molecule has 0 unspecified atom stereocenters. The number of hydrogen-bond acceptors (Lipinski definition) is 6. The van der Waals surface area contributed by atoms with Gasteiger partial charge in [0, 0.05) is 6.07 Å². The standard InChI is InChI=1S/C9H10N2O5S/c1-2-16-8(12)5-10-9(13)6-3-4-7(17-6)11(14)15/h3-4H,2,5H2,1H3,(H,10,13). The Labute approximate surface area is 101 Å². The molecule has 1 aromatic rings. The minimum Gasteiger partial charge on any atom is -0.465 e. The van der Waals surface area contributed by atoms with E-state index in [0.29, 0.717) is 0 Å². The number of hydrogen-bond donors (Lipinski definition) is 1. The van der Waals surface area contributed by atoms with Crippen molar-refractivity contribution in [3.8, 4) is 0 Å². The molecule has 1 amide bonds. The molecule has 0 fully saturated rings. The second-order valence-corrected chi connectivity index (χ2v) is 3.94. The maximum Gasteiger partial charge on any atom is 0.325 e. The third-order valence-corrected chi connectivity index (χ3v) is 2.73. The second-order valence-electron chi connectivity index (χ2n) is 2.88. The maximum atomic E-state index is 11.5. The molecule has 0 aliphatic rings. The molecule has 0 saturated carbocycles. The molecule has 8 heteroatoms. The molecule has 7 nitrogen and oxygen atoms in total. The molecule has 0 radical (unpaired) electrons. The average Bonchev–Trinajstić information content (AvgIpc) is 2.75. The Hall–Kier alpha value is -1.96. The van der Waals surface area contributed by atoms with Crippen LogP contribution in [0.25, 0.3) is 0 Å². The van der Waals surface area contributed by atoms with Crippen LogP contribution in [0.4, 0.5) is 5.00 Å². The fourth-order valence-electron chi connectivity index (χ4n) is 0.999. The van der Waals surface area contributed by atoms with E-state index in [0.717, 1.165) is 11.3 Å². The summed E-state index contributed by atoms with van der Waals surface area (Å²) in [5.74, 6) is -1.08. The minimum absolute atomic E-state index is 0.119. The molecule has 0 aliphatic heterocycles. The molecule has 0 saturated heterocycles. The Bertz CT molecular complexity index is 442. The van der Waals surface area contributed by atoms with Gasteiger partial charge in [-0.2, -0.15) is 0 Å². The molecule has 92 valence electrons. The highest BCUT2D eigenvalue weighted by Gasteiger charge is 2.15. The summed E-state index contributed by atoms with van der Waals surface area (Å²) < 4.78 is 4.61. The molecular formula is C9H10N2O5S. The van der Waals surface area contributed by atoms with Crippen molar-refractivity contribution in [3.63, 3.8) is 0 Å². The summed E-state index contributed by atoms with van der Waals surface area (Å²) in [7, 11) is 0. The Balaban J connectivity index is 2.52. The van der Waals surface area contributed by atoms with Crippen LogP contribution in [0.1, 0.15) is 16.6 Å². The number of carbonyl (C=O) groups is 2. The highest BCUT2D eigenvalue weighted by atomic mass is 32.1. The maximum absolute atomic E-state index is 11.5. The smallest absolute Gasteiger partial charge is 0.325 e. The van der Waals surface area contributed by atoms with Gasteiger partial charge in [0.15, 0.2) is 0 Å². The Morgan fingerprint density at radius 3 is 2.76 bits per heavy atom. The highest BCUT2D eigenvalue weighted by molar-refractivity contribution is 7.17. The number of nitro groups is 1. The fourth-order valence-corrected chi connectivity index (χ4v) is 1.74. The monoisotopic (exact) mass is 258 g/mol. The number of nitrogens with zero attached hydrogens (tertiary/aromatic N) is 1. The molecule has 0 aliphatic carbocycles. The van der Waals surface area contributed by atoms with Crippen molar-refractivity contribution in [3.05, 3.63) is 27.1 Å². The summed E-state index contributed by atoms with van der Waals surface area (Å²) in [6.45, 7) is 1.64. The first-order valence-corrected chi connectivity index (χ1v) is 5.54. The van der Waals surface area contributed by atoms with Crippen molar-refractivity contribution >= 4 is 28.2 Å². The van der Waals surface area contributed by atoms with E-state index in [-0.39, 0.29) is 23.0 Å². The van der Waals surface area contributed by atoms with Gasteiger partial charge in [0.05, 0.1) is 16.4 Å². The predicted octanol–water partition coefficient (Wildman–Crippen LogP) is 0.949. The van der Waals surface area contributed by atoms with Crippen LogP contribution in [0.15, 0.2) is 12.1 Å². The van der Waals surface area contributed by atoms with Crippen molar-refractivity contribution in [2.24, 2.45) is 0 Å². The first-order valence-electron chi connectivity index (χ1n) is 4.72. The number of rotatable bonds is 5. The van der Waals surface area contributed by atoms with E-state index >= 15 is 0 Å². The zero-order valence-electron chi connectivity index (χ0n) is 8.97. The molecule has 0 bridgehead atoms. The van der Waals surface area contributed by atoms with Gasteiger partial charge in [-0.1, -0.05) is 11.3 Å². The van der Waals surface area contributed by atoms with E-state index in [4.69, 9.17) is 0 Å². The van der Waals surface area contributed by atoms with Gasteiger partial charge in [-0.05, 0) is 13.0 Å². The van der Waals surface area contributed by atoms with Gasteiger partial charge < -0.3 is 10.1 Å². The molecule has 1 rings (SSSR count). The van der Waals surface area contributed by atoms with Crippen molar-refractivity contribution in [2.45, 2.75) is 6.92 Å². The molecule has 1 N–H and O–H groups in total. The van der Waals surface area contributed by atoms with Gasteiger partial charge in [0.25, 0.3) is 5.91 Å². The number of amides is 1. The van der Waals surface area contributed by atoms with Crippen LogP contribution in [0.5, 0.6) is 0 Å². The van der Waals surface area contributed by atoms with Gasteiger partial charge in [-0.3, -0.25) is 19.7 Å². The van der Waals surface area contributed by atoms with Gasteiger partial charge in [-0.25, -0.2) is 0 Å².